The first-order valence-electron chi connectivity index (χ1n) is 5.86. The van der Waals surface area contributed by atoms with Gasteiger partial charge < -0.3 is 20.1 Å². The van der Waals surface area contributed by atoms with Crippen LogP contribution in [0, 0.1) is 0 Å². The molecule has 0 atom stereocenters. The zero-order valence-corrected chi connectivity index (χ0v) is 10.6. The van der Waals surface area contributed by atoms with E-state index in [1.165, 1.54) is 12.1 Å². The maximum absolute atomic E-state index is 11.9. The highest BCUT2D eigenvalue weighted by molar-refractivity contribution is 5.99. The van der Waals surface area contributed by atoms with Crippen molar-refractivity contribution in [3.63, 3.8) is 0 Å². The molecule has 0 saturated carbocycles. The van der Waals surface area contributed by atoms with Crippen LogP contribution in [0.15, 0.2) is 18.2 Å². The van der Waals surface area contributed by atoms with Gasteiger partial charge in [-0.05, 0) is 18.2 Å². The number of alkyl halides is 3. The van der Waals surface area contributed by atoms with E-state index in [9.17, 15) is 22.8 Å². The number of Topliss-reactive ketones (excluding diaryl/α,β-unsaturated/α-hetero) is 1. The van der Waals surface area contributed by atoms with Gasteiger partial charge >= 0.3 is 12.2 Å². The lowest BCUT2D eigenvalue weighted by molar-refractivity contribution is -0.122. The van der Waals surface area contributed by atoms with Gasteiger partial charge in [-0.15, -0.1) is 0 Å². The van der Waals surface area contributed by atoms with Gasteiger partial charge in [-0.25, -0.2) is 4.79 Å². The van der Waals surface area contributed by atoms with Crippen LogP contribution in [0.2, 0.25) is 0 Å². The van der Waals surface area contributed by atoms with Crippen LogP contribution >= 0.6 is 0 Å². The summed E-state index contributed by atoms with van der Waals surface area (Å²) in [6.45, 7) is -1.83. The molecule has 0 radical (unpaired) electrons. The van der Waals surface area contributed by atoms with Crippen LogP contribution in [-0.4, -0.2) is 37.9 Å². The van der Waals surface area contributed by atoms with Crippen molar-refractivity contribution < 1.29 is 32.2 Å². The van der Waals surface area contributed by atoms with Crippen molar-refractivity contribution in [1.82, 2.24) is 10.6 Å². The minimum atomic E-state index is -4.50. The Labute approximate surface area is 117 Å². The fraction of sp³-hybridized carbons (Fsp3) is 0.333. The van der Waals surface area contributed by atoms with E-state index in [2.05, 4.69) is 0 Å². The molecule has 1 aromatic rings. The number of rotatable bonds is 4. The molecule has 0 aliphatic carbocycles. The zero-order valence-electron chi connectivity index (χ0n) is 10.6. The molecule has 0 fully saturated rings. The second-order valence-electron chi connectivity index (χ2n) is 4.14. The predicted molar refractivity (Wildman–Crippen MR) is 64.4 cm³/mol. The Hall–Kier alpha value is -2.45. The van der Waals surface area contributed by atoms with Crippen molar-refractivity contribution in [1.29, 1.82) is 0 Å². The number of ketones is 1. The van der Waals surface area contributed by atoms with Crippen LogP contribution in [0.5, 0.6) is 11.5 Å². The number of urea groups is 1. The van der Waals surface area contributed by atoms with Gasteiger partial charge in [0, 0.05) is 5.56 Å². The first-order valence-corrected chi connectivity index (χ1v) is 5.86. The number of benzene rings is 1. The Morgan fingerprint density at radius 1 is 1.14 bits per heavy atom. The number of nitrogens with one attached hydrogen (secondary N) is 2. The number of hydrogen-bond acceptors (Lipinski definition) is 4. The number of carbonyl (C=O) groups excluding carboxylic acids is 2. The normalized spacial score (nSPS) is 12.9. The molecule has 1 aliphatic rings. The van der Waals surface area contributed by atoms with Crippen molar-refractivity contribution in [3.8, 4) is 11.5 Å². The van der Waals surface area contributed by atoms with E-state index < -0.39 is 31.1 Å². The number of halogens is 3. The largest absolute Gasteiger partial charge is 0.454 e. The third-order valence-corrected chi connectivity index (χ3v) is 2.55. The van der Waals surface area contributed by atoms with Gasteiger partial charge in [0.15, 0.2) is 17.3 Å². The van der Waals surface area contributed by atoms with E-state index in [-0.39, 0.29) is 12.4 Å². The highest BCUT2D eigenvalue weighted by atomic mass is 19.4. The Kier molecular flexibility index (Phi) is 4.20. The second kappa shape index (κ2) is 5.90. The summed E-state index contributed by atoms with van der Waals surface area (Å²) in [4.78, 5) is 22.9. The predicted octanol–water partition coefficient (Wildman–Crippen LogP) is 1.46. The van der Waals surface area contributed by atoms with Crippen LogP contribution in [0.1, 0.15) is 10.4 Å². The van der Waals surface area contributed by atoms with Gasteiger partial charge in [-0.2, -0.15) is 13.2 Å². The smallest absolute Gasteiger partial charge is 0.405 e. The first kappa shape index (κ1) is 14.9. The van der Waals surface area contributed by atoms with Crippen LogP contribution in [-0.2, 0) is 0 Å². The maximum atomic E-state index is 11.9. The molecule has 1 aromatic carbocycles. The van der Waals surface area contributed by atoms with Crippen molar-refractivity contribution in [2.45, 2.75) is 6.18 Å². The van der Waals surface area contributed by atoms with Gasteiger partial charge in [-0.1, -0.05) is 0 Å². The van der Waals surface area contributed by atoms with Crippen molar-refractivity contribution in [2.75, 3.05) is 19.9 Å². The molecular weight excluding hydrogens is 293 g/mol. The monoisotopic (exact) mass is 304 g/mol. The van der Waals surface area contributed by atoms with Gasteiger partial charge in [0.25, 0.3) is 0 Å². The van der Waals surface area contributed by atoms with E-state index in [1.54, 1.807) is 11.4 Å². The summed E-state index contributed by atoms with van der Waals surface area (Å²) >= 11 is 0. The molecule has 9 heteroatoms. The Balaban J connectivity index is 1.83. The number of amides is 2. The summed E-state index contributed by atoms with van der Waals surface area (Å²) in [5.41, 5.74) is 0.260. The standard InChI is InChI=1S/C12H11F3N2O4/c13-12(14,15)5-17-11(19)16-4-8(18)7-1-2-9-10(3-7)21-6-20-9/h1-3H,4-6H2,(H2,16,17,19). The molecule has 0 aromatic heterocycles. The third kappa shape index (κ3) is 4.26. The molecule has 0 spiro atoms. The van der Waals surface area contributed by atoms with Crippen LogP contribution in [0.4, 0.5) is 18.0 Å². The lowest BCUT2D eigenvalue weighted by Gasteiger charge is -2.09. The fourth-order valence-corrected chi connectivity index (χ4v) is 1.58. The van der Waals surface area contributed by atoms with Crippen LogP contribution < -0.4 is 20.1 Å². The van der Waals surface area contributed by atoms with E-state index in [0.717, 1.165) is 0 Å². The molecule has 0 unspecified atom stereocenters. The molecule has 0 saturated heterocycles. The Morgan fingerprint density at radius 3 is 2.57 bits per heavy atom. The number of hydrogen-bond donors (Lipinski definition) is 2. The Bertz CT molecular complexity index is 560. The molecule has 2 rings (SSSR count). The topological polar surface area (TPSA) is 76.7 Å². The minimum Gasteiger partial charge on any atom is -0.454 e. The van der Waals surface area contributed by atoms with Gasteiger partial charge in [0.05, 0.1) is 6.54 Å². The van der Waals surface area contributed by atoms with E-state index >= 15 is 0 Å². The van der Waals surface area contributed by atoms with Crippen molar-refractivity contribution >= 4 is 11.8 Å². The zero-order chi connectivity index (χ0) is 15.5. The highest BCUT2D eigenvalue weighted by Gasteiger charge is 2.27. The SMILES string of the molecule is O=C(NCC(=O)c1ccc2c(c1)OCO2)NCC(F)(F)F. The summed E-state index contributed by atoms with van der Waals surface area (Å²) in [7, 11) is 0. The van der Waals surface area contributed by atoms with Crippen LogP contribution in [0.3, 0.4) is 0 Å². The van der Waals surface area contributed by atoms with E-state index in [1.807, 2.05) is 5.32 Å². The van der Waals surface area contributed by atoms with Gasteiger partial charge in [0.2, 0.25) is 6.79 Å². The average molecular weight is 304 g/mol. The number of fused-ring (bicyclic) bond motifs is 1. The molecule has 21 heavy (non-hydrogen) atoms. The average Bonchev–Trinajstić information content (AvgIpc) is 2.89. The van der Waals surface area contributed by atoms with Crippen molar-refractivity contribution in [3.05, 3.63) is 23.8 Å². The number of carbonyl (C=O) groups is 2. The minimum absolute atomic E-state index is 0.0606. The molecule has 1 heterocycles. The lowest BCUT2D eigenvalue weighted by Crippen LogP contribution is -2.42. The second-order valence-corrected chi connectivity index (χ2v) is 4.14. The van der Waals surface area contributed by atoms with Gasteiger partial charge in [-0.3, -0.25) is 4.79 Å². The summed E-state index contributed by atoms with van der Waals surface area (Å²) in [6.07, 6.45) is -4.50. The van der Waals surface area contributed by atoms with Gasteiger partial charge in [0.1, 0.15) is 6.54 Å². The summed E-state index contributed by atoms with van der Waals surface area (Å²) in [5.74, 6) is 0.445. The summed E-state index contributed by atoms with van der Waals surface area (Å²) in [5, 5.41) is 3.65. The fourth-order valence-electron chi connectivity index (χ4n) is 1.58. The quantitative estimate of drug-likeness (QED) is 0.826. The van der Waals surface area contributed by atoms with E-state index in [4.69, 9.17) is 9.47 Å². The summed E-state index contributed by atoms with van der Waals surface area (Å²) in [6, 6.07) is 3.39. The van der Waals surface area contributed by atoms with Crippen LogP contribution in [0.25, 0.3) is 0 Å². The molecule has 6 nitrogen and oxygen atoms in total. The maximum Gasteiger partial charge on any atom is 0.405 e. The molecular formula is C12H11F3N2O4. The molecule has 114 valence electrons. The Morgan fingerprint density at radius 2 is 1.86 bits per heavy atom. The lowest BCUT2D eigenvalue weighted by atomic mass is 10.1. The molecule has 1 aliphatic heterocycles. The molecule has 0 bridgehead atoms. The van der Waals surface area contributed by atoms with E-state index in [0.29, 0.717) is 11.5 Å². The molecule has 2 amide bonds. The first-order chi connectivity index (χ1) is 9.85. The third-order valence-electron chi connectivity index (χ3n) is 2.55. The highest BCUT2D eigenvalue weighted by Crippen LogP contribution is 2.32. The summed E-state index contributed by atoms with van der Waals surface area (Å²) < 4.78 is 45.8. The number of ether oxygens (including phenoxy) is 2. The van der Waals surface area contributed by atoms with Crippen molar-refractivity contribution in [2.24, 2.45) is 0 Å². The molecule has 2 N–H and O–H groups in total.